The average Bonchev–Trinajstić information content (AvgIpc) is 2.58. The van der Waals surface area contributed by atoms with E-state index < -0.39 is 0 Å². The predicted octanol–water partition coefficient (Wildman–Crippen LogP) is 1.76. The summed E-state index contributed by atoms with van der Waals surface area (Å²) in [5.74, 6) is 0.966. The Balaban J connectivity index is 3.05. The zero-order valence-electron chi connectivity index (χ0n) is 14.5. The second-order valence-electron chi connectivity index (χ2n) is 4.90. The van der Waals surface area contributed by atoms with Crippen LogP contribution < -0.4 is 24.4 Å². The minimum atomic E-state index is -0.194. The van der Waals surface area contributed by atoms with Crippen LogP contribution in [0, 0.1) is 0 Å². The lowest BCUT2D eigenvalue weighted by atomic mass is 10.2. The standard InChI is InChI=1S/C17H24N2O5/c1-6-8-18-16(21)7-9-19(12(2)20)13-10-14(22-3)17(24-5)15(11-13)23-4/h6,10-11H,1,7-9H2,2-5H3,(H,18,21). The van der Waals surface area contributed by atoms with E-state index in [0.717, 1.165) is 0 Å². The van der Waals surface area contributed by atoms with Gasteiger partial charge in [-0.25, -0.2) is 0 Å². The van der Waals surface area contributed by atoms with Crippen molar-refractivity contribution in [3.8, 4) is 17.2 Å². The Bertz CT molecular complexity index is 576. The molecule has 0 spiro atoms. The monoisotopic (exact) mass is 336 g/mol. The number of ether oxygens (including phenoxy) is 3. The molecule has 0 atom stereocenters. The van der Waals surface area contributed by atoms with Gasteiger partial charge >= 0.3 is 0 Å². The fourth-order valence-corrected chi connectivity index (χ4v) is 2.18. The summed E-state index contributed by atoms with van der Waals surface area (Å²) >= 11 is 0. The van der Waals surface area contributed by atoms with Crippen molar-refractivity contribution in [2.45, 2.75) is 13.3 Å². The number of benzene rings is 1. The number of nitrogens with one attached hydrogen (secondary N) is 1. The summed E-state index contributed by atoms with van der Waals surface area (Å²) in [6.45, 7) is 5.60. The lowest BCUT2D eigenvalue weighted by molar-refractivity contribution is -0.120. The third-order valence-corrected chi connectivity index (χ3v) is 3.35. The molecular weight excluding hydrogens is 312 g/mol. The topological polar surface area (TPSA) is 77.1 Å². The number of carbonyl (C=O) groups is 2. The molecule has 132 valence electrons. The van der Waals surface area contributed by atoms with Crippen molar-refractivity contribution >= 4 is 17.5 Å². The first-order valence-corrected chi connectivity index (χ1v) is 7.44. The maximum absolute atomic E-state index is 12.0. The average molecular weight is 336 g/mol. The first-order chi connectivity index (χ1) is 11.5. The van der Waals surface area contributed by atoms with Crippen LogP contribution in [0.5, 0.6) is 17.2 Å². The van der Waals surface area contributed by atoms with E-state index >= 15 is 0 Å². The summed E-state index contributed by atoms with van der Waals surface area (Å²) in [7, 11) is 4.51. The second kappa shape index (κ2) is 9.44. The molecule has 2 amide bonds. The molecule has 0 aliphatic carbocycles. The number of carbonyl (C=O) groups excluding carboxylic acids is 2. The minimum absolute atomic E-state index is 0.159. The van der Waals surface area contributed by atoms with E-state index in [0.29, 0.717) is 29.5 Å². The van der Waals surface area contributed by atoms with Crippen molar-refractivity contribution in [1.82, 2.24) is 5.32 Å². The predicted molar refractivity (Wildman–Crippen MR) is 91.9 cm³/mol. The number of nitrogens with zero attached hydrogens (tertiary/aromatic N) is 1. The molecule has 7 heteroatoms. The highest BCUT2D eigenvalue weighted by molar-refractivity contribution is 5.93. The zero-order chi connectivity index (χ0) is 18.1. The molecule has 0 aliphatic rings. The van der Waals surface area contributed by atoms with Crippen LogP contribution in [-0.2, 0) is 9.59 Å². The normalized spacial score (nSPS) is 9.83. The third-order valence-electron chi connectivity index (χ3n) is 3.35. The van der Waals surface area contributed by atoms with E-state index in [1.807, 2.05) is 0 Å². The van der Waals surface area contributed by atoms with Gasteiger partial charge < -0.3 is 24.4 Å². The molecule has 1 aromatic rings. The summed E-state index contributed by atoms with van der Waals surface area (Å²) in [5, 5.41) is 2.68. The van der Waals surface area contributed by atoms with Gasteiger partial charge in [0.25, 0.3) is 0 Å². The number of hydrogen-bond donors (Lipinski definition) is 1. The molecule has 1 rings (SSSR count). The van der Waals surface area contributed by atoms with Gasteiger partial charge in [-0.15, -0.1) is 6.58 Å². The van der Waals surface area contributed by atoms with Crippen molar-refractivity contribution in [2.24, 2.45) is 0 Å². The molecule has 0 unspecified atom stereocenters. The SMILES string of the molecule is C=CCNC(=O)CCN(C(C)=O)c1cc(OC)c(OC)c(OC)c1. The zero-order valence-corrected chi connectivity index (χ0v) is 14.5. The Morgan fingerprint density at radius 1 is 1.17 bits per heavy atom. The molecule has 0 aliphatic heterocycles. The van der Waals surface area contributed by atoms with Crippen LogP contribution >= 0.6 is 0 Å². The van der Waals surface area contributed by atoms with Crippen molar-refractivity contribution in [1.29, 1.82) is 0 Å². The summed E-state index contributed by atoms with van der Waals surface area (Å²) < 4.78 is 15.9. The van der Waals surface area contributed by atoms with Gasteiger partial charge in [-0.3, -0.25) is 9.59 Å². The summed E-state index contributed by atoms with van der Waals surface area (Å²) in [6, 6.07) is 3.34. The van der Waals surface area contributed by atoms with Crippen LogP contribution in [-0.4, -0.2) is 46.2 Å². The van der Waals surface area contributed by atoms with Gasteiger partial charge in [0.05, 0.1) is 27.0 Å². The van der Waals surface area contributed by atoms with Crippen molar-refractivity contribution in [3.05, 3.63) is 24.8 Å². The lowest BCUT2D eigenvalue weighted by Gasteiger charge is -2.23. The van der Waals surface area contributed by atoms with E-state index in [-0.39, 0.29) is 24.8 Å². The van der Waals surface area contributed by atoms with Crippen molar-refractivity contribution in [2.75, 3.05) is 39.3 Å². The molecule has 0 heterocycles. The van der Waals surface area contributed by atoms with E-state index in [1.165, 1.54) is 33.2 Å². The first kappa shape index (κ1) is 19.3. The van der Waals surface area contributed by atoms with Crippen LogP contribution in [0.4, 0.5) is 5.69 Å². The highest BCUT2D eigenvalue weighted by atomic mass is 16.5. The number of amides is 2. The van der Waals surface area contributed by atoms with Gasteiger partial charge in [0.15, 0.2) is 11.5 Å². The quantitative estimate of drug-likeness (QED) is 0.695. The molecule has 0 fully saturated rings. The van der Waals surface area contributed by atoms with Crippen LogP contribution in [0.15, 0.2) is 24.8 Å². The Kier molecular flexibility index (Phi) is 7.61. The second-order valence-corrected chi connectivity index (χ2v) is 4.90. The molecule has 24 heavy (non-hydrogen) atoms. The Hall–Kier alpha value is -2.70. The smallest absolute Gasteiger partial charge is 0.223 e. The van der Waals surface area contributed by atoms with E-state index in [9.17, 15) is 9.59 Å². The largest absolute Gasteiger partial charge is 0.493 e. The van der Waals surface area contributed by atoms with Crippen LogP contribution in [0.25, 0.3) is 0 Å². The Morgan fingerprint density at radius 2 is 1.75 bits per heavy atom. The van der Waals surface area contributed by atoms with Crippen LogP contribution in [0.1, 0.15) is 13.3 Å². The fraction of sp³-hybridized carbons (Fsp3) is 0.412. The summed E-state index contributed by atoms with van der Waals surface area (Å²) in [5.41, 5.74) is 0.563. The number of rotatable bonds is 9. The fourth-order valence-electron chi connectivity index (χ4n) is 2.18. The van der Waals surface area contributed by atoms with Gasteiger partial charge in [0, 0.05) is 38.6 Å². The van der Waals surface area contributed by atoms with E-state index in [4.69, 9.17) is 14.2 Å². The molecule has 0 bridgehead atoms. The molecule has 0 radical (unpaired) electrons. The lowest BCUT2D eigenvalue weighted by Crippen LogP contribution is -2.34. The molecule has 7 nitrogen and oxygen atoms in total. The van der Waals surface area contributed by atoms with Gasteiger partial charge in [-0.2, -0.15) is 0 Å². The van der Waals surface area contributed by atoms with E-state index in [1.54, 1.807) is 18.2 Å². The highest BCUT2D eigenvalue weighted by Gasteiger charge is 2.19. The van der Waals surface area contributed by atoms with Gasteiger partial charge in [0.1, 0.15) is 0 Å². The number of anilines is 1. The van der Waals surface area contributed by atoms with Crippen molar-refractivity contribution < 1.29 is 23.8 Å². The Labute approximate surface area is 142 Å². The molecule has 1 N–H and O–H groups in total. The number of methoxy groups -OCH3 is 3. The molecule has 0 saturated heterocycles. The van der Waals surface area contributed by atoms with Crippen LogP contribution in [0.3, 0.4) is 0 Å². The van der Waals surface area contributed by atoms with Gasteiger partial charge in [-0.05, 0) is 0 Å². The van der Waals surface area contributed by atoms with E-state index in [2.05, 4.69) is 11.9 Å². The molecular formula is C17H24N2O5. The maximum Gasteiger partial charge on any atom is 0.223 e. The third kappa shape index (κ3) is 4.91. The summed E-state index contributed by atoms with van der Waals surface area (Å²) in [4.78, 5) is 25.2. The Morgan fingerprint density at radius 3 is 2.17 bits per heavy atom. The highest BCUT2D eigenvalue weighted by Crippen LogP contribution is 2.41. The van der Waals surface area contributed by atoms with Gasteiger partial charge in [-0.1, -0.05) is 6.08 Å². The molecule has 1 aromatic carbocycles. The molecule has 0 aromatic heterocycles. The summed E-state index contributed by atoms with van der Waals surface area (Å²) in [6.07, 6.45) is 1.77. The number of hydrogen-bond acceptors (Lipinski definition) is 5. The minimum Gasteiger partial charge on any atom is -0.493 e. The van der Waals surface area contributed by atoms with Crippen molar-refractivity contribution in [3.63, 3.8) is 0 Å². The maximum atomic E-state index is 12.0. The van der Waals surface area contributed by atoms with Gasteiger partial charge in [0.2, 0.25) is 17.6 Å². The first-order valence-electron chi connectivity index (χ1n) is 7.44. The van der Waals surface area contributed by atoms with Crippen LogP contribution in [0.2, 0.25) is 0 Å². The molecule has 0 saturated carbocycles.